The Labute approximate surface area is 174 Å². The van der Waals surface area contributed by atoms with Gasteiger partial charge in [-0.1, -0.05) is 121 Å². The first-order valence-corrected chi connectivity index (χ1v) is 12.3. The molecule has 0 aliphatic heterocycles. The van der Waals surface area contributed by atoms with Crippen LogP contribution in [0.2, 0.25) is 6.55 Å². The molecule has 4 aromatic carbocycles. The lowest BCUT2D eigenvalue weighted by Gasteiger charge is -2.31. The maximum Gasteiger partial charge on any atom is 0.311 e. The molecular weight excluding hydrogens is 368 g/mol. The molecule has 0 amide bonds. The van der Waals surface area contributed by atoms with Gasteiger partial charge in [0.1, 0.15) is 5.76 Å². The van der Waals surface area contributed by atoms with Crippen LogP contribution in [0.25, 0.3) is 11.8 Å². The monoisotopic (exact) mass is 392 g/mol. The van der Waals surface area contributed by atoms with E-state index in [1.165, 1.54) is 10.4 Å². The lowest BCUT2D eigenvalue weighted by atomic mass is 10.1. The van der Waals surface area contributed by atoms with Crippen molar-refractivity contribution in [2.45, 2.75) is 6.55 Å². The Bertz CT molecular complexity index is 1020. The van der Waals surface area contributed by atoms with Gasteiger partial charge in [-0.25, -0.2) is 0 Å². The van der Waals surface area contributed by atoms with Gasteiger partial charge in [-0.05, 0) is 28.6 Å². The number of rotatable bonds is 6. The third kappa shape index (κ3) is 4.39. The summed E-state index contributed by atoms with van der Waals surface area (Å²) in [6, 6.07) is 42.0. The summed E-state index contributed by atoms with van der Waals surface area (Å²) in [5.74, 6) is 0.902. The lowest BCUT2D eigenvalue weighted by molar-refractivity contribution is 0.531. The Balaban J connectivity index is 1.84. The van der Waals surface area contributed by atoms with Gasteiger partial charge in [-0.15, -0.1) is 0 Å². The van der Waals surface area contributed by atoms with E-state index in [1.807, 2.05) is 12.1 Å². The first-order valence-electron chi connectivity index (χ1n) is 9.88. The van der Waals surface area contributed by atoms with Crippen LogP contribution in [-0.4, -0.2) is 8.32 Å². The number of hydrogen-bond donors (Lipinski definition) is 0. The van der Waals surface area contributed by atoms with Gasteiger partial charge in [0, 0.05) is 5.56 Å². The van der Waals surface area contributed by atoms with Crippen LogP contribution in [0, 0.1) is 0 Å². The fourth-order valence-corrected chi connectivity index (χ4v) is 6.33. The van der Waals surface area contributed by atoms with Gasteiger partial charge in [-0.3, -0.25) is 0 Å². The maximum absolute atomic E-state index is 7.00. The predicted octanol–water partition coefficient (Wildman–Crippen LogP) is 5.59. The fraction of sp³-hybridized carbons (Fsp3) is 0.0370. The standard InChI is InChI=1S/C27H24OSi/c1-29(25-18-10-4-11-19-25,26-20-12-5-13-21-26)28-27(24-16-8-3-9-17-24)22-23-14-6-2-7-15-23/h2-22H,1H3/b27-22+. The topological polar surface area (TPSA) is 9.23 Å². The third-order valence-corrected chi connectivity index (χ3v) is 8.62. The molecule has 0 aromatic heterocycles. The Morgan fingerprint density at radius 1 is 0.586 bits per heavy atom. The van der Waals surface area contributed by atoms with Crippen molar-refractivity contribution in [3.8, 4) is 0 Å². The van der Waals surface area contributed by atoms with E-state index in [1.54, 1.807) is 0 Å². The Morgan fingerprint density at radius 3 is 1.48 bits per heavy atom. The molecule has 142 valence electrons. The summed E-state index contributed by atoms with van der Waals surface area (Å²) in [6.45, 7) is 2.28. The highest BCUT2D eigenvalue weighted by atomic mass is 28.4. The van der Waals surface area contributed by atoms with Gasteiger partial charge in [0.25, 0.3) is 0 Å². The first-order chi connectivity index (χ1) is 14.3. The average Bonchev–Trinajstić information content (AvgIpc) is 2.81. The minimum atomic E-state index is -2.47. The van der Waals surface area contributed by atoms with Crippen LogP contribution in [0.1, 0.15) is 11.1 Å². The smallest absolute Gasteiger partial charge is 0.311 e. The van der Waals surface area contributed by atoms with E-state index in [-0.39, 0.29) is 0 Å². The molecule has 29 heavy (non-hydrogen) atoms. The lowest BCUT2D eigenvalue weighted by Crippen LogP contribution is -2.57. The molecular formula is C27H24OSi. The molecule has 0 radical (unpaired) electrons. The zero-order valence-corrected chi connectivity index (χ0v) is 17.5. The molecule has 0 atom stereocenters. The SMILES string of the molecule is C[Si](O/C(=C/c1ccccc1)c1ccccc1)(c1ccccc1)c1ccccc1. The molecule has 0 bridgehead atoms. The highest BCUT2D eigenvalue weighted by molar-refractivity contribution is 6.97. The van der Waals surface area contributed by atoms with Gasteiger partial charge < -0.3 is 4.43 Å². The van der Waals surface area contributed by atoms with Gasteiger partial charge in [0.05, 0.1) is 0 Å². The van der Waals surface area contributed by atoms with E-state index in [4.69, 9.17) is 4.43 Å². The molecule has 0 spiro atoms. The molecule has 4 aromatic rings. The maximum atomic E-state index is 7.00. The second-order valence-corrected chi connectivity index (χ2v) is 10.6. The molecule has 0 aliphatic rings. The molecule has 1 nitrogen and oxygen atoms in total. The molecule has 2 heteroatoms. The zero-order chi connectivity index (χ0) is 19.9. The van der Waals surface area contributed by atoms with E-state index in [0.29, 0.717) is 0 Å². The van der Waals surface area contributed by atoms with Crippen molar-refractivity contribution in [3.63, 3.8) is 0 Å². The van der Waals surface area contributed by atoms with Crippen LogP contribution < -0.4 is 10.4 Å². The molecule has 0 unspecified atom stereocenters. The Kier molecular flexibility index (Phi) is 5.73. The van der Waals surface area contributed by atoms with Crippen LogP contribution in [-0.2, 0) is 4.43 Å². The highest BCUT2D eigenvalue weighted by Crippen LogP contribution is 2.24. The van der Waals surface area contributed by atoms with Crippen molar-refractivity contribution in [2.24, 2.45) is 0 Å². The summed E-state index contributed by atoms with van der Waals surface area (Å²) >= 11 is 0. The van der Waals surface area contributed by atoms with Crippen LogP contribution in [0.15, 0.2) is 121 Å². The van der Waals surface area contributed by atoms with Gasteiger partial charge in [-0.2, -0.15) is 0 Å². The first kappa shape index (κ1) is 19.0. The molecule has 0 N–H and O–H groups in total. The van der Waals surface area contributed by atoms with Crippen LogP contribution in [0.4, 0.5) is 0 Å². The minimum absolute atomic E-state index is 0.902. The number of benzene rings is 4. The van der Waals surface area contributed by atoms with Crippen molar-refractivity contribution in [1.82, 2.24) is 0 Å². The Hall–Kier alpha value is -3.36. The Morgan fingerprint density at radius 2 is 1.00 bits per heavy atom. The predicted molar refractivity (Wildman–Crippen MR) is 126 cm³/mol. The quantitative estimate of drug-likeness (QED) is 0.236. The summed E-state index contributed by atoms with van der Waals surface area (Å²) in [7, 11) is -2.47. The highest BCUT2D eigenvalue weighted by Gasteiger charge is 2.36. The summed E-state index contributed by atoms with van der Waals surface area (Å²) in [4.78, 5) is 0. The van der Waals surface area contributed by atoms with E-state index in [9.17, 15) is 0 Å². The van der Waals surface area contributed by atoms with Crippen molar-refractivity contribution in [1.29, 1.82) is 0 Å². The molecule has 0 fully saturated rings. The molecule has 0 aliphatic carbocycles. The van der Waals surface area contributed by atoms with Gasteiger partial charge in [0.15, 0.2) is 0 Å². The molecule has 0 saturated carbocycles. The van der Waals surface area contributed by atoms with Crippen LogP contribution >= 0.6 is 0 Å². The summed E-state index contributed by atoms with van der Waals surface area (Å²) in [5, 5.41) is 2.50. The van der Waals surface area contributed by atoms with Gasteiger partial charge in [0.2, 0.25) is 0 Å². The van der Waals surface area contributed by atoms with Crippen molar-refractivity contribution in [2.75, 3.05) is 0 Å². The summed E-state index contributed by atoms with van der Waals surface area (Å²) < 4.78 is 7.00. The summed E-state index contributed by atoms with van der Waals surface area (Å²) in [5.41, 5.74) is 2.21. The second-order valence-electron chi connectivity index (χ2n) is 7.15. The number of hydrogen-bond acceptors (Lipinski definition) is 1. The van der Waals surface area contributed by atoms with E-state index in [0.717, 1.165) is 16.9 Å². The van der Waals surface area contributed by atoms with Crippen molar-refractivity contribution >= 4 is 30.5 Å². The van der Waals surface area contributed by atoms with Crippen LogP contribution in [0.5, 0.6) is 0 Å². The average molecular weight is 393 g/mol. The van der Waals surface area contributed by atoms with Crippen molar-refractivity contribution in [3.05, 3.63) is 132 Å². The largest absolute Gasteiger partial charge is 0.534 e. The summed E-state index contributed by atoms with van der Waals surface area (Å²) in [6.07, 6.45) is 2.15. The molecule has 0 heterocycles. The fourth-order valence-electron chi connectivity index (χ4n) is 3.49. The second kappa shape index (κ2) is 8.76. The minimum Gasteiger partial charge on any atom is -0.534 e. The van der Waals surface area contributed by atoms with E-state index in [2.05, 4.69) is 122 Å². The van der Waals surface area contributed by atoms with Crippen LogP contribution in [0.3, 0.4) is 0 Å². The van der Waals surface area contributed by atoms with Crippen molar-refractivity contribution < 1.29 is 4.43 Å². The normalized spacial score (nSPS) is 11.8. The molecule has 0 saturated heterocycles. The molecule has 4 rings (SSSR count). The van der Waals surface area contributed by atoms with E-state index < -0.39 is 8.32 Å². The van der Waals surface area contributed by atoms with Gasteiger partial charge >= 0.3 is 8.32 Å². The van der Waals surface area contributed by atoms with E-state index >= 15 is 0 Å². The third-order valence-electron chi connectivity index (χ3n) is 5.12. The zero-order valence-electron chi connectivity index (χ0n) is 16.5.